The van der Waals surface area contributed by atoms with E-state index in [0.29, 0.717) is 61.2 Å². The second-order valence-corrected chi connectivity index (χ2v) is 12.0. The number of aliphatic carboxylic acids is 2. The first-order chi connectivity index (χ1) is 25.0. The van der Waals surface area contributed by atoms with E-state index in [9.17, 15) is 38.2 Å². The van der Waals surface area contributed by atoms with E-state index in [4.69, 9.17) is 9.47 Å². The van der Waals surface area contributed by atoms with E-state index in [1.807, 2.05) is 12.1 Å². The smallest absolute Gasteiger partial charge is 0.545 e. The first-order valence-corrected chi connectivity index (χ1v) is 16.4. The minimum atomic E-state index is -1.35. The number of halogens is 2. The van der Waals surface area contributed by atoms with Gasteiger partial charge in [0.15, 0.2) is 0 Å². The minimum absolute atomic E-state index is 0. The van der Waals surface area contributed by atoms with Crippen LogP contribution in [0.3, 0.4) is 0 Å². The molecule has 13 heteroatoms. The quantitative estimate of drug-likeness (QED) is 0.216. The first-order valence-electron chi connectivity index (χ1n) is 16.4. The number of carboxylic acids is 2. The number of methoxy groups -OCH3 is 2. The molecule has 2 N–H and O–H groups in total. The van der Waals surface area contributed by atoms with Gasteiger partial charge in [-0.05, 0) is 120 Å². The Hall–Kier alpha value is -5.04. The summed E-state index contributed by atoms with van der Waals surface area (Å²) < 4.78 is 39.2. The van der Waals surface area contributed by atoms with Crippen LogP contribution in [0.5, 0.6) is 11.5 Å². The summed E-state index contributed by atoms with van der Waals surface area (Å²) in [7, 11) is 3.11. The molecule has 6 rings (SSSR count). The molecule has 268 valence electrons. The third kappa shape index (κ3) is 10.1. The predicted octanol–water partition coefficient (Wildman–Crippen LogP) is 4.96. The Kier molecular flexibility index (Phi) is 14.3. The maximum atomic E-state index is 14.4. The van der Waals surface area contributed by atoms with Gasteiger partial charge in [-0.1, -0.05) is 36.4 Å². The van der Waals surface area contributed by atoms with Crippen molar-refractivity contribution in [2.45, 2.75) is 38.5 Å². The summed E-state index contributed by atoms with van der Waals surface area (Å²) in [4.78, 5) is 46.7. The third-order valence-corrected chi connectivity index (χ3v) is 8.72. The van der Waals surface area contributed by atoms with Crippen molar-refractivity contribution in [3.8, 4) is 33.8 Å². The molecular formula is C40H34CaF2N2O8. The zero-order valence-electron chi connectivity index (χ0n) is 29.1. The number of hydrogen-bond acceptors (Lipinski definition) is 8. The van der Waals surface area contributed by atoms with Crippen molar-refractivity contribution < 1.29 is 47.6 Å². The molecule has 0 aliphatic heterocycles. The topological polar surface area (TPSA) is 157 Å². The van der Waals surface area contributed by atoms with Gasteiger partial charge in [-0.25, -0.2) is 8.78 Å². The van der Waals surface area contributed by atoms with Gasteiger partial charge in [0.25, 0.3) is 11.8 Å². The summed E-state index contributed by atoms with van der Waals surface area (Å²) >= 11 is 0. The fourth-order valence-corrected chi connectivity index (χ4v) is 6.03. The molecule has 0 saturated heterocycles. The van der Waals surface area contributed by atoms with Crippen molar-refractivity contribution >= 4 is 72.9 Å². The molecule has 2 aliphatic rings. The molecule has 0 aromatic heterocycles. The number of carbonyl (C=O) groups excluding carboxylic acids is 4. The number of benzene rings is 4. The Bertz CT molecular complexity index is 1970. The molecule has 0 unspecified atom stereocenters. The summed E-state index contributed by atoms with van der Waals surface area (Å²) in [5.41, 5.74) is 3.12. The van der Waals surface area contributed by atoms with Crippen LogP contribution in [-0.4, -0.2) is 75.7 Å². The summed E-state index contributed by atoms with van der Waals surface area (Å²) in [6.07, 6.45) is 2.43. The Morgan fingerprint density at radius 1 is 0.547 bits per heavy atom. The Morgan fingerprint density at radius 3 is 1.25 bits per heavy atom. The first kappa shape index (κ1) is 40.7. The Balaban J connectivity index is 0.000000232. The van der Waals surface area contributed by atoms with Gasteiger partial charge in [0, 0.05) is 11.1 Å². The maximum absolute atomic E-state index is 14.4. The van der Waals surface area contributed by atoms with Gasteiger partial charge >= 0.3 is 37.7 Å². The summed E-state index contributed by atoms with van der Waals surface area (Å²) in [5, 5.41) is 27.0. The average molecular weight is 749 g/mol. The van der Waals surface area contributed by atoms with E-state index in [-0.39, 0.29) is 71.4 Å². The van der Waals surface area contributed by atoms with Crippen molar-refractivity contribution in [1.82, 2.24) is 0 Å². The van der Waals surface area contributed by atoms with E-state index in [2.05, 4.69) is 10.6 Å². The van der Waals surface area contributed by atoms with E-state index in [0.717, 1.165) is 11.1 Å². The fourth-order valence-electron chi connectivity index (χ4n) is 6.03. The third-order valence-electron chi connectivity index (χ3n) is 8.72. The van der Waals surface area contributed by atoms with Crippen molar-refractivity contribution in [2.24, 2.45) is 0 Å². The standard InChI is InChI=1S/2C20H18FNO4.Ca/c2*1-26-14-5-2-4-12(10-14)13-8-9-18(17(21)11-13)22-19(23)15-6-3-7-16(15)20(24)25;/h2*2,4-5,8-11H,3,6-7H2,1H3,(H,22,23)(H,24,25);/q;;+2/p-2. The van der Waals surface area contributed by atoms with Crippen molar-refractivity contribution in [1.29, 1.82) is 0 Å². The molecule has 2 aliphatic carbocycles. The molecule has 0 atom stereocenters. The Morgan fingerprint density at radius 2 is 0.906 bits per heavy atom. The molecule has 4 aromatic rings. The van der Waals surface area contributed by atoms with Gasteiger partial charge in [0.1, 0.15) is 23.1 Å². The summed E-state index contributed by atoms with van der Waals surface area (Å²) in [6.45, 7) is 0. The molecule has 0 fully saturated rings. The van der Waals surface area contributed by atoms with E-state index in [1.165, 1.54) is 24.3 Å². The minimum Gasteiger partial charge on any atom is -0.545 e. The molecule has 0 saturated carbocycles. The van der Waals surface area contributed by atoms with Gasteiger partial charge < -0.3 is 39.9 Å². The molecule has 0 spiro atoms. The molecular weight excluding hydrogens is 715 g/mol. The van der Waals surface area contributed by atoms with Gasteiger partial charge in [0.05, 0.1) is 37.5 Å². The summed E-state index contributed by atoms with van der Waals surface area (Å²) in [6, 6.07) is 23.3. The number of carboxylic acid groups (broad SMARTS) is 2. The van der Waals surface area contributed by atoms with Gasteiger partial charge in [-0.15, -0.1) is 0 Å². The van der Waals surface area contributed by atoms with Crippen LogP contribution in [0.2, 0.25) is 0 Å². The van der Waals surface area contributed by atoms with E-state index in [1.54, 1.807) is 62.8 Å². The predicted molar refractivity (Wildman–Crippen MR) is 192 cm³/mol. The molecule has 0 heterocycles. The summed E-state index contributed by atoms with van der Waals surface area (Å²) in [5.74, 6) is -3.79. The fraction of sp³-hybridized carbons (Fsp3) is 0.200. The van der Waals surface area contributed by atoms with Crippen LogP contribution in [0.4, 0.5) is 20.2 Å². The normalized spacial score (nSPS) is 13.4. The van der Waals surface area contributed by atoms with Crippen LogP contribution >= 0.6 is 0 Å². The molecule has 2 amide bonds. The largest absolute Gasteiger partial charge is 2.00 e. The average Bonchev–Trinajstić information content (AvgIpc) is 3.85. The van der Waals surface area contributed by atoms with E-state index >= 15 is 0 Å². The number of anilines is 2. The van der Waals surface area contributed by atoms with Crippen molar-refractivity contribution in [3.05, 3.63) is 119 Å². The van der Waals surface area contributed by atoms with Crippen LogP contribution < -0.4 is 30.3 Å². The molecule has 4 aromatic carbocycles. The number of hydrogen-bond donors (Lipinski definition) is 2. The molecule has 0 radical (unpaired) electrons. The van der Waals surface area contributed by atoms with Gasteiger partial charge in [-0.2, -0.15) is 0 Å². The number of rotatable bonds is 10. The van der Waals surface area contributed by atoms with Crippen LogP contribution in [0.15, 0.2) is 107 Å². The van der Waals surface area contributed by atoms with Crippen LogP contribution in [0.1, 0.15) is 38.5 Å². The monoisotopic (exact) mass is 748 g/mol. The van der Waals surface area contributed by atoms with Gasteiger partial charge in [-0.3, -0.25) is 9.59 Å². The zero-order valence-corrected chi connectivity index (χ0v) is 31.3. The Labute approximate surface area is 334 Å². The van der Waals surface area contributed by atoms with Gasteiger partial charge in [0.2, 0.25) is 0 Å². The van der Waals surface area contributed by atoms with Crippen LogP contribution in [0.25, 0.3) is 22.3 Å². The zero-order chi connectivity index (χ0) is 37.4. The number of carbonyl (C=O) groups is 4. The van der Waals surface area contributed by atoms with Crippen LogP contribution in [0, 0.1) is 11.6 Å². The van der Waals surface area contributed by atoms with Crippen LogP contribution in [-0.2, 0) is 19.2 Å². The van der Waals surface area contributed by atoms with Crippen molar-refractivity contribution in [3.63, 3.8) is 0 Å². The molecule has 53 heavy (non-hydrogen) atoms. The SMILES string of the molecule is COc1cccc(-c2ccc(NC(=O)C3=C(C(=O)[O-])CCC3)c(F)c2)c1.COc1cccc(-c2ccc(NC(=O)C3=C(C(=O)[O-])CCC3)c(F)c2)c1.[Ca+2]. The second kappa shape index (κ2) is 18.6. The second-order valence-electron chi connectivity index (χ2n) is 12.0. The number of nitrogens with one attached hydrogen (secondary N) is 2. The number of amides is 2. The van der Waals surface area contributed by atoms with Crippen molar-refractivity contribution in [2.75, 3.05) is 24.9 Å². The number of ether oxygens (including phenoxy) is 2. The molecule has 0 bridgehead atoms. The van der Waals surface area contributed by atoms with E-state index < -0.39 is 35.4 Å². The maximum Gasteiger partial charge on any atom is 2.00 e. The molecule has 10 nitrogen and oxygen atoms in total.